The van der Waals surface area contributed by atoms with E-state index in [-0.39, 0.29) is 12.1 Å². The van der Waals surface area contributed by atoms with E-state index in [1.54, 1.807) is 15.9 Å². The first-order valence-electron chi connectivity index (χ1n) is 7.76. The summed E-state index contributed by atoms with van der Waals surface area (Å²) in [5.74, 6) is 0. The molecule has 1 aromatic heterocycles. The van der Waals surface area contributed by atoms with Gasteiger partial charge in [-0.1, -0.05) is 24.3 Å². The fourth-order valence-corrected chi connectivity index (χ4v) is 2.66. The number of hydrogen-bond acceptors (Lipinski definition) is 4. The van der Waals surface area contributed by atoms with Gasteiger partial charge in [-0.3, -0.25) is 0 Å². The van der Waals surface area contributed by atoms with E-state index >= 15 is 0 Å². The Morgan fingerprint density at radius 2 is 2.22 bits per heavy atom. The van der Waals surface area contributed by atoms with Crippen molar-refractivity contribution in [3.8, 4) is 0 Å². The highest BCUT2D eigenvalue weighted by atomic mass is 16.5. The molecule has 1 saturated heterocycles. The minimum Gasteiger partial charge on any atom is -0.375 e. The van der Waals surface area contributed by atoms with Crippen LogP contribution in [0.4, 0.5) is 4.79 Å². The van der Waals surface area contributed by atoms with Crippen LogP contribution >= 0.6 is 0 Å². The van der Waals surface area contributed by atoms with E-state index in [0.29, 0.717) is 32.8 Å². The number of hydrogen-bond donors (Lipinski definition) is 1. The molecule has 0 radical (unpaired) electrons. The number of carbonyl (C=O) groups excluding carboxylic acids is 1. The Bertz CT molecular complexity index is 644. The zero-order valence-electron chi connectivity index (χ0n) is 13.2. The molecule has 23 heavy (non-hydrogen) atoms. The van der Waals surface area contributed by atoms with Crippen LogP contribution in [0.15, 0.2) is 36.9 Å². The van der Waals surface area contributed by atoms with Crippen molar-refractivity contribution in [1.29, 1.82) is 0 Å². The van der Waals surface area contributed by atoms with Gasteiger partial charge in [0.25, 0.3) is 0 Å². The monoisotopic (exact) mass is 315 g/mol. The SMILES string of the molecule is CC1CN(C(=O)NCc2ccccc2Cn2cncn2)CCO1. The van der Waals surface area contributed by atoms with Crippen molar-refractivity contribution in [2.75, 3.05) is 19.7 Å². The van der Waals surface area contributed by atoms with E-state index in [9.17, 15) is 4.79 Å². The summed E-state index contributed by atoms with van der Waals surface area (Å²) in [6, 6.07) is 7.98. The minimum absolute atomic E-state index is 0.0456. The van der Waals surface area contributed by atoms with Crippen LogP contribution in [0, 0.1) is 0 Å². The van der Waals surface area contributed by atoms with Gasteiger partial charge < -0.3 is 15.0 Å². The molecule has 1 aliphatic rings. The second-order valence-corrected chi connectivity index (χ2v) is 5.65. The zero-order valence-corrected chi connectivity index (χ0v) is 13.2. The lowest BCUT2D eigenvalue weighted by molar-refractivity contribution is -0.00352. The van der Waals surface area contributed by atoms with Crippen LogP contribution in [-0.4, -0.2) is 51.5 Å². The van der Waals surface area contributed by atoms with Gasteiger partial charge in [0.05, 0.1) is 19.3 Å². The molecule has 2 amide bonds. The molecule has 0 aliphatic carbocycles. The fraction of sp³-hybridized carbons (Fsp3) is 0.438. The number of nitrogens with one attached hydrogen (secondary N) is 1. The molecule has 0 saturated carbocycles. The Morgan fingerprint density at radius 3 is 2.96 bits per heavy atom. The molecule has 1 fully saturated rings. The maximum atomic E-state index is 12.3. The van der Waals surface area contributed by atoms with Gasteiger partial charge in [-0.05, 0) is 18.1 Å². The van der Waals surface area contributed by atoms with E-state index in [2.05, 4.69) is 15.4 Å². The smallest absolute Gasteiger partial charge is 0.317 e. The maximum absolute atomic E-state index is 12.3. The summed E-state index contributed by atoms with van der Waals surface area (Å²) in [5, 5.41) is 7.12. The molecule has 0 spiro atoms. The Balaban J connectivity index is 1.60. The van der Waals surface area contributed by atoms with Crippen LogP contribution in [-0.2, 0) is 17.8 Å². The average Bonchev–Trinajstić information content (AvgIpc) is 3.07. The Labute approximate surface area is 135 Å². The molecule has 2 heterocycles. The number of carbonyl (C=O) groups is 1. The Morgan fingerprint density at radius 1 is 1.39 bits per heavy atom. The number of aromatic nitrogens is 3. The van der Waals surface area contributed by atoms with Gasteiger partial charge in [-0.2, -0.15) is 5.10 Å². The number of nitrogens with zero attached hydrogens (tertiary/aromatic N) is 4. The van der Waals surface area contributed by atoms with Gasteiger partial charge in [0.1, 0.15) is 12.7 Å². The third kappa shape index (κ3) is 4.07. The summed E-state index contributed by atoms with van der Waals surface area (Å²) >= 11 is 0. The van der Waals surface area contributed by atoms with Crippen molar-refractivity contribution in [2.45, 2.75) is 26.1 Å². The van der Waals surface area contributed by atoms with Gasteiger partial charge in [-0.15, -0.1) is 0 Å². The van der Waals surface area contributed by atoms with Gasteiger partial charge in [0.15, 0.2) is 0 Å². The van der Waals surface area contributed by atoms with Crippen LogP contribution in [0.1, 0.15) is 18.1 Å². The summed E-state index contributed by atoms with van der Waals surface area (Å²) in [5.41, 5.74) is 2.20. The molecule has 1 unspecified atom stereocenters. The number of morpholine rings is 1. The lowest BCUT2D eigenvalue weighted by Crippen LogP contribution is -2.48. The minimum atomic E-state index is -0.0456. The van der Waals surface area contributed by atoms with Crippen molar-refractivity contribution < 1.29 is 9.53 Å². The predicted molar refractivity (Wildman–Crippen MR) is 84.8 cm³/mol. The number of benzene rings is 1. The number of amides is 2. The predicted octanol–water partition coefficient (Wildman–Crippen LogP) is 1.26. The quantitative estimate of drug-likeness (QED) is 0.922. The second-order valence-electron chi connectivity index (χ2n) is 5.65. The average molecular weight is 315 g/mol. The standard InChI is InChI=1S/C16H21N5O2/c1-13-9-20(6-7-23-13)16(22)18-8-14-4-2-3-5-15(14)10-21-12-17-11-19-21/h2-5,11-13H,6-10H2,1H3,(H,18,22). The third-order valence-corrected chi connectivity index (χ3v) is 3.88. The van der Waals surface area contributed by atoms with Gasteiger partial charge in [0.2, 0.25) is 0 Å². The molecule has 1 aliphatic heterocycles. The van der Waals surface area contributed by atoms with E-state index in [0.717, 1.165) is 11.1 Å². The molecular weight excluding hydrogens is 294 g/mol. The molecule has 0 bridgehead atoms. The number of rotatable bonds is 4. The van der Waals surface area contributed by atoms with Crippen LogP contribution in [0.3, 0.4) is 0 Å². The first-order valence-corrected chi connectivity index (χ1v) is 7.76. The normalized spacial score (nSPS) is 18.0. The van der Waals surface area contributed by atoms with Gasteiger partial charge in [-0.25, -0.2) is 14.5 Å². The Hall–Kier alpha value is -2.41. The molecule has 1 atom stereocenters. The van der Waals surface area contributed by atoms with Crippen LogP contribution in [0.2, 0.25) is 0 Å². The van der Waals surface area contributed by atoms with Crippen molar-refractivity contribution >= 4 is 6.03 Å². The summed E-state index contributed by atoms with van der Waals surface area (Å²) in [6.07, 6.45) is 3.29. The lowest BCUT2D eigenvalue weighted by atomic mass is 10.1. The molecule has 122 valence electrons. The lowest BCUT2D eigenvalue weighted by Gasteiger charge is -2.31. The highest BCUT2D eigenvalue weighted by Crippen LogP contribution is 2.11. The third-order valence-electron chi connectivity index (χ3n) is 3.88. The van der Waals surface area contributed by atoms with Gasteiger partial charge in [0, 0.05) is 19.6 Å². The first kappa shape index (κ1) is 15.5. The molecule has 2 aromatic rings. The molecule has 1 N–H and O–H groups in total. The van der Waals surface area contributed by atoms with Gasteiger partial charge >= 0.3 is 6.03 Å². The molecule has 7 nitrogen and oxygen atoms in total. The van der Waals surface area contributed by atoms with Crippen molar-refractivity contribution in [2.24, 2.45) is 0 Å². The second kappa shape index (κ2) is 7.23. The van der Waals surface area contributed by atoms with E-state index in [4.69, 9.17) is 4.74 Å². The largest absolute Gasteiger partial charge is 0.375 e. The van der Waals surface area contributed by atoms with E-state index < -0.39 is 0 Å². The number of ether oxygens (including phenoxy) is 1. The molecule has 1 aromatic carbocycles. The highest BCUT2D eigenvalue weighted by Gasteiger charge is 2.21. The van der Waals surface area contributed by atoms with Crippen LogP contribution in [0.25, 0.3) is 0 Å². The van der Waals surface area contributed by atoms with Crippen molar-refractivity contribution in [1.82, 2.24) is 25.0 Å². The first-order chi connectivity index (χ1) is 11.2. The summed E-state index contributed by atoms with van der Waals surface area (Å²) < 4.78 is 7.23. The fourth-order valence-electron chi connectivity index (χ4n) is 2.66. The van der Waals surface area contributed by atoms with E-state index in [1.165, 1.54) is 6.33 Å². The topological polar surface area (TPSA) is 72.3 Å². The van der Waals surface area contributed by atoms with E-state index in [1.807, 2.05) is 31.2 Å². The summed E-state index contributed by atoms with van der Waals surface area (Å²) in [6.45, 7) is 4.98. The summed E-state index contributed by atoms with van der Waals surface area (Å²) in [7, 11) is 0. The van der Waals surface area contributed by atoms with Crippen LogP contribution < -0.4 is 5.32 Å². The molecule has 7 heteroatoms. The molecular formula is C16H21N5O2. The summed E-state index contributed by atoms with van der Waals surface area (Å²) in [4.78, 5) is 18.0. The van der Waals surface area contributed by atoms with Crippen molar-refractivity contribution in [3.05, 3.63) is 48.0 Å². The Kier molecular flexibility index (Phi) is 4.87. The zero-order chi connectivity index (χ0) is 16.1. The number of urea groups is 1. The molecule has 3 rings (SSSR count). The highest BCUT2D eigenvalue weighted by molar-refractivity contribution is 5.74. The van der Waals surface area contributed by atoms with Crippen LogP contribution in [0.5, 0.6) is 0 Å². The maximum Gasteiger partial charge on any atom is 0.317 e. The van der Waals surface area contributed by atoms with Crippen molar-refractivity contribution in [3.63, 3.8) is 0 Å².